The zero-order valence-electron chi connectivity index (χ0n) is 21.1. The summed E-state index contributed by atoms with van der Waals surface area (Å²) in [5.74, 6) is -0.276. The summed E-state index contributed by atoms with van der Waals surface area (Å²) in [6.07, 6.45) is 6.31. The van der Waals surface area contributed by atoms with Gasteiger partial charge in [0, 0.05) is 40.3 Å². The van der Waals surface area contributed by atoms with Gasteiger partial charge in [-0.05, 0) is 54.4 Å². The molecule has 6 aromatic rings. The Kier molecular flexibility index (Phi) is 6.41. The summed E-state index contributed by atoms with van der Waals surface area (Å²) in [5.41, 5.74) is 10.1. The van der Waals surface area contributed by atoms with Crippen molar-refractivity contribution in [3.8, 4) is 11.1 Å². The second kappa shape index (κ2) is 10.2. The third-order valence-electron chi connectivity index (χ3n) is 6.61. The van der Waals surface area contributed by atoms with Crippen LogP contribution in [0.1, 0.15) is 15.9 Å². The average molecular weight is 550 g/mol. The number of nitrogens with zero attached hydrogens (tertiary/aromatic N) is 4. The van der Waals surface area contributed by atoms with E-state index in [1.165, 1.54) is 12.4 Å². The van der Waals surface area contributed by atoms with Gasteiger partial charge >= 0.3 is 0 Å². The summed E-state index contributed by atoms with van der Waals surface area (Å²) in [4.78, 5) is 30.9. The minimum atomic E-state index is -0.578. The van der Waals surface area contributed by atoms with Crippen molar-refractivity contribution in [2.45, 2.75) is 6.92 Å². The molecule has 0 unspecified atom stereocenters. The van der Waals surface area contributed by atoms with Crippen molar-refractivity contribution in [1.82, 2.24) is 19.9 Å². The largest absolute Gasteiger partial charge is 0.383 e. The monoisotopic (exact) mass is 549 g/mol. The van der Waals surface area contributed by atoms with E-state index in [0.29, 0.717) is 33.4 Å². The summed E-state index contributed by atoms with van der Waals surface area (Å²) in [6.45, 7) is 1.89. The zero-order chi connectivity index (χ0) is 27.8. The summed E-state index contributed by atoms with van der Waals surface area (Å²) >= 11 is 5.96. The number of anilines is 4. The van der Waals surface area contributed by atoms with Gasteiger partial charge in [0.15, 0.2) is 5.82 Å². The second-order valence-electron chi connectivity index (χ2n) is 9.11. The number of hydrogen-bond donors (Lipinski definition) is 3. The molecular formula is C30H21ClFN7O. The fourth-order valence-electron chi connectivity index (χ4n) is 4.60. The molecule has 4 N–H and O–H groups in total. The number of rotatable bonds is 5. The Labute approximate surface area is 233 Å². The van der Waals surface area contributed by atoms with Gasteiger partial charge in [-0.2, -0.15) is 0 Å². The van der Waals surface area contributed by atoms with Crippen LogP contribution in [0.4, 0.5) is 27.4 Å². The highest BCUT2D eigenvalue weighted by Gasteiger charge is 2.19. The van der Waals surface area contributed by atoms with Gasteiger partial charge in [0.2, 0.25) is 0 Å². The molecule has 8 nitrogen and oxygen atoms in total. The number of nitrogens with two attached hydrogens (primary N) is 1. The van der Waals surface area contributed by atoms with Crippen LogP contribution in [-0.4, -0.2) is 25.8 Å². The summed E-state index contributed by atoms with van der Waals surface area (Å²) < 4.78 is 14.6. The number of nitrogens with one attached hydrogen (secondary N) is 2. The Morgan fingerprint density at radius 3 is 2.62 bits per heavy atom. The SMILES string of the molecule is Cc1ccc2c(Nc3cccc(Cl)c3F)nccc2c1NC(=O)c1cc(-c2cccnc2)cc2c(N)ncnc12. The van der Waals surface area contributed by atoms with Crippen LogP contribution >= 0.6 is 11.6 Å². The molecule has 0 aliphatic heterocycles. The molecule has 0 saturated heterocycles. The van der Waals surface area contributed by atoms with E-state index in [1.807, 2.05) is 37.3 Å². The number of carbonyl (C=O) groups excluding carboxylic acids is 1. The number of halogens is 2. The van der Waals surface area contributed by atoms with Gasteiger partial charge in [-0.15, -0.1) is 0 Å². The molecule has 3 aromatic heterocycles. The van der Waals surface area contributed by atoms with E-state index in [1.54, 1.807) is 42.9 Å². The van der Waals surface area contributed by atoms with E-state index in [-0.39, 0.29) is 22.4 Å². The quantitative estimate of drug-likeness (QED) is 0.213. The van der Waals surface area contributed by atoms with Gasteiger partial charge in [0.05, 0.1) is 27.5 Å². The minimum Gasteiger partial charge on any atom is -0.383 e. The van der Waals surface area contributed by atoms with Crippen molar-refractivity contribution in [3.63, 3.8) is 0 Å². The van der Waals surface area contributed by atoms with Gasteiger partial charge < -0.3 is 16.4 Å². The van der Waals surface area contributed by atoms with E-state index >= 15 is 0 Å². The van der Waals surface area contributed by atoms with E-state index in [4.69, 9.17) is 17.3 Å². The number of aryl methyl sites for hydroxylation is 1. The molecule has 0 radical (unpaired) electrons. The van der Waals surface area contributed by atoms with Crippen LogP contribution in [0.2, 0.25) is 5.02 Å². The van der Waals surface area contributed by atoms with Gasteiger partial charge in [-0.25, -0.2) is 19.3 Å². The van der Waals surface area contributed by atoms with Crippen LogP contribution in [0, 0.1) is 12.7 Å². The zero-order valence-corrected chi connectivity index (χ0v) is 21.9. The molecule has 10 heteroatoms. The topological polar surface area (TPSA) is 119 Å². The van der Waals surface area contributed by atoms with E-state index in [9.17, 15) is 9.18 Å². The smallest absolute Gasteiger partial charge is 0.257 e. The van der Waals surface area contributed by atoms with Gasteiger partial charge in [-0.3, -0.25) is 9.78 Å². The Balaban J connectivity index is 1.44. The summed E-state index contributed by atoms with van der Waals surface area (Å²) in [5, 5.41) is 8.05. The molecule has 0 spiro atoms. The molecule has 0 saturated carbocycles. The highest BCUT2D eigenvalue weighted by Crippen LogP contribution is 2.35. The Bertz CT molecular complexity index is 1930. The van der Waals surface area contributed by atoms with Gasteiger partial charge in [-0.1, -0.05) is 35.9 Å². The van der Waals surface area contributed by atoms with Gasteiger partial charge in [0.25, 0.3) is 5.91 Å². The highest BCUT2D eigenvalue weighted by molar-refractivity contribution is 6.31. The van der Waals surface area contributed by atoms with Crippen LogP contribution in [0.5, 0.6) is 0 Å². The van der Waals surface area contributed by atoms with Crippen molar-refractivity contribution < 1.29 is 9.18 Å². The predicted octanol–water partition coefficient (Wildman–Crippen LogP) is 6.92. The number of benzene rings is 3. The van der Waals surface area contributed by atoms with Crippen molar-refractivity contribution in [2.75, 3.05) is 16.4 Å². The molecule has 0 fully saturated rings. The number of pyridine rings is 2. The van der Waals surface area contributed by atoms with Crippen molar-refractivity contribution >= 4 is 62.2 Å². The number of aromatic nitrogens is 4. The van der Waals surface area contributed by atoms with Crippen molar-refractivity contribution in [1.29, 1.82) is 0 Å². The molecule has 6 rings (SSSR count). The fraction of sp³-hybridized carbons (Fsp3) is 0.0333. The lowest BCUT2D eigenvalue weighted by Gasteiger charge is -2.16. The average Bonchev–Trinajstić information content (AvgIpc) is 2.97. The maximum Gasteiger partial charge on any atom is 0.257 e. The number of amides is 1. The first kappa shape index (κ1) is 25.1. The lowest BCUT2D eigenvalue weighted by atomic mass is 9.99. The molecule has 0 aliphatic rings. The van der Waals surface area contributed by atoms with E-state index < -0.39 is 5.82 Å². The molecule has 196 valence electrons. The molecule has 0 atom stereocenters. The lowest BCUT2D eigenvalue weighted by Crippen LogP contribution is -2.15. The molecule has 0 aliphatic carbocycles. The minimum absolute atomic E-state index is 0.000722. The Morgan fingerprint density at radius 2 is 1.80 bits per heavy atom. The number of carbonyl (C=O) groups is 1. The summed E-state index contributed by atoms with van der Waals surface area (Å²) in [7, 11) is 0. The van der Waals surface area contributed by atoms with Crippen LogP contribution in [-0.2, 0) is 0 Å². The third kappa shape index (κ3) is 4.52. The second-order valence-corrected chi connectivity index (χ2v) is 9.52. The third-order valence-corrected chi connectivity index (χ3v) is 6.90. The predicted molar refractivity (Wildman–Crippen MR) is 156 cm³/mol. The lowest BCUT2D eigenvalue weighted by molar-refractivity contribution is 0.102. The molecular weight excluding hydrogens is 529 g/mol. The standard InChI is InChI=1S/C30H21ClFN7O/c1-16-7-8-20-19(9-11-35-29(20)38-24-6-2-5-23(31)25(24)32)26(16)39-30(40)22-13-18(17-4-3-10-34-14-17)12-21-27(22)36-15-37-28(21)33/h2-15H,1H3,(H,35,38)(H,39,40)(H2,33,36,37). The highest BCUT2D eigenvalue weighted by atomic mass is 35.5. The Hall–Kier alpha value is -5.15. The summed E-state index contributed by atoms with van der Waals surface area (Å²) in [6, 6.07) is 17.5. The first-order chi connectivity index (χ1) is 19.4. The molecule has 3 heterocycles. The number of nitrogen functional groups attached to an aromatic ring is 1. The first-order valence-electron chi connectivity index (χ1n) is 12.3. The van der Waals surface area contributed by atoms with Crippen LogP contribution in [0.3, 0.4) is 0 Å². The number of fused-ring (bicyclic) bond motifs is 2. The van der Waals surface area contributed by atoms with Crippen LogP contribution in [0.15, 0.2) is 85.6 Å². The molecule has 3 aromatic carbocycles. The normalized spacial score (nSPS) is 11.1. The van der Waals surface area contributed by atoms with E-state index in [0.717, 1.165) is 22.1 Å². The molecule has 1 amide bonds. The first-order valence-corrected chi connectivity index (χ1v) is 12.6. The van der Waals surface area contributed by atoms with Crippen molar-refractivity contribution in [3.05, 3.63) is 108 Å². The van der Waals surface area contributed by atoms with E-state index in [2.05, 4.69) is 30.6 Å². The van der Waals surface area contributed by atoms with Crippen LogP contribution < -0.4 is 16.4 Å². The van der Waals surface area contributed by atoms with Crippen LogP contribution in [0.25, 0.3) is 32.8 Å². The maximum atomic E-state index is 14.6. The van der Waals surface area contributed by atoms with Gasteiger partial charge in [0.1, 0.15) is 18.0 Å². The molecule has 40 heavy (non-hydrogen) atoms. The maximum absolute atomic E-state index is 14.6. The number of hydrogen-bond acceptors (Lipinski definition) is 7. The molecule has 0 bridgehead atoms. The fourth-order valence-corrected chi connectivity index (χ4v) is 4.77. The Morgan fingerprint density at radius 1 is 0.925 bits per heavy atom. The van der Waals surface area contributed by atoms with Crippen molar-refractivity contribution in [2.24, 2.45) is 0 Å².